The first-order valence-electron chi connectivity index (χ1n) is 12.2. The molecule has 0 saturated carbocycles. The molecular weight excluding hydrogens is 442 g/mol. The molecule has 8 heteroatoms. The lowest BCUT2D eigenvalue weighted by atomic mass is 10.1. The zero-order valence-corrected chi connectivity index (χ0v) is 19.9. The topological polar surface area (TPSA) is 104 Å². The summed E-state index contributed by atoms with van der Waals surface area (Å²) in [4.78, 5) is 32.8. The number of nitriles is 1. The van der Waals surface area contributed by atoms with Crippen LogP contribution in [0, 0.1) is 18.3 Å². The van der Waals surface area contributed by atoms with E-state index in [9.17, 15) is 14.9 Å². The van der Waals surface area contributed by atoms with Gasteiger partial charge in [0.2, 0.25) is 5.91 Å². The Balaban J connectivity index is 1.51. The summed E-state index contributed by atoms with van der Waals surface area (Å²) in [7, 11) is 0. The van der Waals surface area contributed by atoms with Gasteiger partial charge in [-0.25, -0.2) is 0 Å². The lowest BCUT2D eigenvalue weighted by Gasteiger charge is -2.25. The predicted octanol–water partition coefficient (Wildman–Crippen LogP) is 2.93. The van der Waals surface area contributed by atoms with Crippen LogP contribution >= 0.6 is 0 Å². The van der Waals surface area contributed by atoms with Crippen LogP contribution < -0.4 is 5.32 Å². The number of Topliss-reactive ketones (excluding diaryl/α,β-unsaturated/α-hetero) is 1. The largest absolute Gasteiger partial charge is 0.371 e. The molecule has 8 nitrogen and oxygen atoms in total. The van der Waals surface area contributed by atoms with Crippen LogP contribution in [-0.4, -0.2) is 65.0 Å². The number of hydrogen-bond acceptors (Lipinski definition) is 6. The second-order valence-corrected chi connectivity index (χ2v) is 9.36. The van der Waals surface area contributed by atoms with Gasteiger partial charge in [0.15, 0.2) is 5.78 Å². The van der Waals surface area contributed by atoms with Crippen LogP contribution in [-0.2, 0) is 16.0 Å². The summed E-state index contributed by atoms with van der Waals surface area (Å²) in [6.45, 7) is 5.41. The van der Waals surface area contributed by atoms with Crippen LogP contribution in [0.15, 0.2) is 36.5 Å². The molecule has 1 N–H and O–H groups in total. The van der Waals surface area contributed by atoms with Crippen molar-refractivity contribution in [2.24, 2.45) is 0 Å². The van der Waals surface area contributed by atoms with Gasteiger partial charge in [0, 0.05) is 24.1 Å². The minimum absolute atomic E-state index is 0.0595. The number of epoxide rings is 1. The van der Waals surface area contributed by atoms with E-state index in [2.05, 4.69) is 21.3 Å². The molecule has 2 fully saturated rings. The summed E-state index contributed by atoms with van der Waals surface area (Å²) in [6.07, 6.45) is 5.48. The van der Waals surface area contributed by atoms with Gasteiger partial charge >= 0.3 is 0 Å². The number of piperidine rings is 1. The van der Waals surface area contributed by atoms with Gasteiger partial charge < -0.3 is 14.6 Å². The zero-order chi connectivity index (χ0) is 24.4. The minimum atomic E-state index is -0.0868. The van der Waals surface area contributed by atoms with Crippen molar-refractivity contribution in [1.82, 2.24) is 19.8 Å². The Morgan fingerprint density at radius 3 is 2.63 bits per heavy atom. The Morgan fingerprint density at radius 2 is 1.94 bits per heavy atom. The molecule has 2 aromatic heterocycles. The highest BCUT2D eigenvalue weighted by Crippen LogP contribution is 2.30. The van der Waals surface area contributed by atoms with E-state index < -0.39 is 0 Å². The molecule has 1 unspecified atom stereocenters. The standard InChI is InChI=1S/C27H29N5O3/c1-18-26(24(33)16-31-9-3-2-4-10-31)27-23(32(18)21-7-5-19(13-28)6-8-21)11-20(14-30-27)12-25(34)29-15-22-17-35-22/h5-8,11,14,22H,2-4,9-10,12,15-17H2,1H3,(H,29,34). The quantitative estimate of drug-likeness (QED) is 0.400. The number of likely N-dealkylation sites (tertiary alicyclic amines) is 1. The molecule has 180 valence electrons. The molecule has 2 aliphatic rings. The Kier molecular flexibility index (Phi) is 6.62. The first-order chi connectivity index (χ1) is 17.0. The van der Waals surface area contributed by atoms with Gasteiger partial charge in [-0.15, -0.1) is 0 Å². The number of nitrogens with one attached hydrogen (secondary N) is 1. The van der Waals surface area contributed by atoms with Crippen molar-refractivity contribution in [1.29, 1.82) is 5.26 Å². The third-order valence-corrected chi connectivity index (χ3v) is 6.74. The van der Waals surface area contributed by atoms with Crippen molar-refractivity contribution >= 4 is 22.7 Å². The smallest absolute Gasteiger partial charge is 0.224 e. The number of benzene rings is 1. The van der Waals surface area contributed by atoms with Crippen LogP contribution in [0.5, 0.6) is 0 Å². The maximum atomic E-state index is 13.5. The average Bonchev–Trinajstić information content (AvgIpc) is 3.65. The number of hydrogen-bond donors (Lipinski definition) is 1. The molecule has 35 heavy (non-hydrogen) atoms. The van der Waals surface area contributed by atoms with Crippen LogP contribution in [0.3, 0.4) is 0 Å². The van der Waals surface area contributed by atoms with Gasteiger partial charge in [-0.2, -0.15) is 5.26 Å². The molecule has 0 spiro atoms. The first-order valence-corrected chi connectivity index (χ1v) is 12.2. The number of ether oxygens (including phenoxy) is 1. The normalized spacial score (nSPS) is 17.8. The fraction of sp³-hybridized carbons (Fsp3) is 0.407. The number of amides is 1. The number of carbonyl (C=O) groups excluding carboxylic acids is 2. The van der Waals surface area contributed by atoms with Gasteiger partial charge in [-0.1, -0.05) is 6.42 Å². The molecule has 1 atom stereocenters. The molecule has 0 radical (unpaired) electrons. The summed E-state index contributed by atoms with van der Waals surface area (Å²) in [5, 5.41) is 12.1. The fourth-order valence-electron chi connectivity index (χ4n) is 4.83. The fourth-order valence-corrected chi connectivity index (χ4v) is 4.83. The Hall–Kier alpha value is -3.54. The molecule has 4 heterocycles. The van der Waals surface area contributed by atoms with E-state index in [1.165, 1.54) is 6.42 Å². The van der Waals surface area contributed by atoms with E-state index in [1.807, 2.05) is 29.7 Å². The monoisotopic (exact) mass is 471 g/mol. The van der Waals surface area contributed by atoms with E-state index in [4.69, 9.17) is 4.74 Å². The minimum Gasteiger partial charge on any atom is -0.371 e. The second kappa shape index (κ2) is 9.98. The highest BCUT2D eigenvalue weighted by atomic mass is 16.6. The third kappa shape index (κ3) is 5.11. The summed E-state index contributed by atoms with van der Waals surface area (Å²) < 4.78 is 7.16. The lowest BCUT2D eigenvalue weighted by molar-refractivity contribution is -0.120. The van der Waals surface area contributed by atoms with E-state index in [0.717, 1.165) is 48.4 Å². The molecule has 3 aromatic rings. The second-order valence-electron chi connectivity index (χ2n) is 9.36. The van der Waals surface area contributed by atoms with Crippen LogP contribution in [0.2, 0.25) is 0 Å². The van der Waals surface area contributed by atoms with E-state index in [1.54, 1.807) is 18.3 Å². The van der Waals surface area contributed by atoms with E-state index in [0.29, 0.717) is 36.3 Å². The molecule has 2 saturated heterocycles. The molecule has 2 aliphatic heterocycles. The van der Waals surface area contributed by atoms with Crippen LogP contribution in [0.1, 0.15) is 46.4 Å². The number of carbonyl (C=O) groups is 2. The molecule has 5 rings (SSSR count). The van der Waals surface area contributed by atoms with Gasteiger partial charge in [-0.3, -0.25) is 19.5 Å². The van der Waals surface area contributed by atoms with Crippen molar-refractivity contribution in [3.05, 3.63) is 58.9 Å². The van der Waals surface area contributed by atoms with Crippen molar-refractivity contribution in [2.45, 2.75) is 38.7 Å². The SMILES string of the molecule is Cc1c(C(=O)CN2CCCCC2)c2ncc(CC(=O)NCC3CO3)cc2n1-c1ccc(C#N)cc1. The maximum Gasteiger partial charge on any atom is 0.224 e. The van der Waals surface area contributed by atoms with Gasteiger partial charge in [0.1, 0.15) is 0 Å². The summed E-state index contributed by atoms with van der Waals surface area (Å²) in [5.74, 6) is -0.0273. The zero-order valence-electron chi connectivity index (χ0n) is 19.9. The van der Waals surface area contributed by atoms with Gasteiger partial charge in [0.25, 0.3) is 0 Å². The molecule has 1 aromatic carbocycles. The van der Waals surface area contributed by atoms with Crippen LogP contribution in [0.25, 0.3) is 16.7 Å². The molecular formula is C27H29N5O3. The van der Waals surface area contributed by atoms with Crippen molar-refractivity contribution in [3.63, 3.8) is 0 Å². The van der Waals surface area contributed by atoms with Crippen molar-refractivity contribution in [2.75, 3.05) is 32.8 Å². The van der Waals surface area contributed by atoms with E-state index in [-0.39, 0.29) is 24.2 Å². The lowest BCUT2D eigenvalue weighted by Crippen LogP contribution is -2.34. The molecule has 1 amide bonds. The summed E-state index contributed by atoms with van der Waals surface area (Å²) in [6, 6.07) is 11.4. The Bertz CT molecular complexity index is 1300. The van der Waals surface area contributed by atoms with Gasteiger partial charge in [-0.05, 0) is 68.8 Å². The first kappa shape index (κ1) is 23.2. The van der Waals surface area contributed by atoms with Crippen LogP contribution in [0.4, 0.5) is 0 Å². The highest BCUT2D eigenvalue weighted by Gasteiger charge is 2.25. The van der Waals surface area contributed by atoms with E-state index >= 15 is 0 Å². The summed E-state index contributed by atoms with van der Waals surface area (Å²) >= 11 is 0. The number of fused-ring (bicyclic) bond motifs is 1. The highest BCUT2D eigenvalue weighted by molar-refractivity contribution is 6.09. The predicted molar refractivity (Wildman–Crippen MR) is 132 cm³/mol. The molecule has 0 bridgehead atoms. The summed E-state index contributed by atoms with van der Waals surface area (Å²) in [5.41, 5.74) is 5.05. The van der Waals surface area contributed by atoms with Crippen molar-refractivity contribution < 1.29 is 14.3 Å². The number of nitrogens with zero attached hydrogens (tertiary/aromatic N) is 4. The number of aromatic nitrogens is 2. The Morgan fingerprint density at radius 1 is 1.20 bits per heavy atom. The number of rotatable bonds is 8. The number of pyridine rings is 1. The molecule has 0 aliphatic carbocycles. The van der Waals surface area contributed by atoms with Crippen molar-refractivity contribution in [3.8, 4) is 11.8 Å². The van der Waals surface area contributed by atoms with Gasteiger partial charge in [0.05, 0.1) is 53.9 Å². The Labute approximate surface area is 204 Å². The maximum absolute atomic E-state index is 13.5. The average molecular weight is 472 g/mol. The number of ketones is 1. The third-order valence-electron chi connectivity index (χ3n) is 6.74.